The van der Waals surface area contributed by atoms with Crippen LogP contribution in [-0.4, -0.2) is 11.5 Å². The summed E-state index contributed by atoms with van der Waals surface area (Å²) in [5, 5.41) is 0. The van der Waals surface area contributed by atoms with E-state index in [1.807, 2.05) is 12.1 Å². The number of halogens is 1. The average Bonchev–Trinajstić information content (AvgIpc) is 2.41. The van der Waals surface area contributed by atoms with Gasteiger partial charge in [-0.1, -0.05) is 48.0 Å². The van der Waals surface area contributed by atoms with Crippen LogP contribution in [0.25, 0.3) is 0 Å². The van der Waals surface area contributed by atoms with Gasteiger partial charge in [-0.15, -0.1) is 0 Å². The van der Waals surface area contributed by atoms with Gasteiger partial charge in [0.2, 0.25) is 0 Å². The van der Waals surface area contributed by atoms with Gasteiger partial charge in [0.05, 0.1) is 0 Å². The van der Waals surface area contributed by atoms with Gasteiger partial charge in [0.25, 0.3) is 5.56 Å². The number of carbonyl (C=O) groups excluding carboxylic acids is 1. The minimum absolute atomic E-state index is 0.435. The van der Waals surface area contributed by atoms with Crippen LogP contribution in [0.15, 0.2) is 60.7 Å². The Kier molecular flexibility index (Phi) is 4.20. The number of esters is 1. The molecular formula is C14H11ClO3. The molecule has 4 heteroatoms. The first-order chi connectivity index (χ1) is 8.75. The normalized spacial score (nSPS) is 11.6. The summed E-state index contributed by atoms with van der Waals surface area (Å²) in [4.78, 5) is 11.6. The minimum atomic E-state index is -1.17. The molecule has 0 saturated carbocycles. The van der Waals surface area contributed by atoms with Crippen LogP contribution in [0.4, 0.5) is 0 Å². The van der Waals surface area contributed by atoms with E-state index in [2.05, 4.69) is 0 Å². The molecule has 0 aliphatic heterocycles. The number of benzene rings is 2. The van der Waals surface area contributed by atoms with Gasteiger partial charge < -0.3 is 9.47 Å². The molecule has 2 aromatic carbocycles. The van der Waals surface area contributed by atoms with Crippen LogP contribution in [-0.2, 0) is 4.79 Å². The van der Waals surface area contributed by atoms with E-state index < -0.39 is 11.5 Å². The number of alkyl halides is 1. The van der Waals surface area contributed by atoms with Gasteiger partial charge in [-0.25, -0.2) is 4.79 Å². The molecule has 0 aliphatic rings. The number of carbonyl (C=O) groups is 1. The number of hydrogen-bond acceptors (Lipinski definition) is 3. The summed E-state index contributed by atoms with van der Waals surface area (Å²) in [5.41, 5.74) is -1.17. The van der Waals surface area contributed by atoms with Crippen molar-refractivity contribution >= 4 is 17.6 Å². The summed E-state index contributed by atoms with van der Waals surface area (Å²) >= 11 is 5.82. The van der Waals surface area contributed by atoms with Crippen molar-refractivity contribution in [1.82, 2.24) is 0 Å². The van der Waals surface area contributed by atoms with Crippen LogP contribution in [0.5, 0.6) is 11.5 Å². The molecule has 0 aliphatic carbocycles. The Labute approximate surface area is 110 Å². The summed E-state index contributed by atoms with van der Waals surface area (Å²) < 4.78 is 10.3. The Morgan fingerprint density at radius 1 is 0.889 bits per heavy atom. The van der Waals surface area contributed by atoms with Gasteiger partial charge in [-0.3, -0.25) is 0 Å². The zero-order valence-corrected chi connectivity index (χ0v) is 10.2. The lowest BCUT2D eigenvalue weighted by Gasteiger charge is -2.11. The minimum Gasteiger partial charge on any atom is -0.463 e. The molecule has 18 heavy (non-hydrogen) atoms. The molecule has 1 atom stereocenters. The van der Waals surface area contributed by atoms with Gasteiger partial charge in [-0.05, 0) is 24.3 Å². The second-order valence-electron chi connectivity index (χ2n) is 3.48. The molecule has 0 aromatic heterocycles. The van der Waals surface area contributed by atoms with Crippen LogP contribution in [0.3, 0.4) is 0 Å². The van der Waals surface area contributed by atoms with Crippen molar-refractivity contribution in [2.24, 2.45) is 0 Å². The predicted molar refractivity (Wildman–Crippen MR) is 68.8 cm³/mol. The van der Waals surface area contributed by atoms with Crippen molar-refractivity contribution in [3.63, 3.8) is 0 Å². The fourth-order valence-electron chi connectivity index (χ4n) is 1.32. The largest absolute Gasteiger partial charge is 0.463 e. The highest BCUT2D eigenvalue weighted by molar-refractivity contribution is 6.29. The van der Waals surface area contributed by atoms with Gasteiger partial charge in [0, 0.05) is 0 Å². The molecule has 92 valence electrons. The van der Waals surface area contributed by atoms with E-state index >= 15 is 0 Å². The fourth-order valence-corrected chi connectivity index (χ4v) is 1.47. The zero-order chi connectivity index (χ0) is 12.8. The Hall–Kier alpha value is -2.00. The average molecular weight is 263 g/mol. The van der Waals surface area contributed by atoms with Gasteiger partial charge in [0.15, 0.2) is 0 Å². The highest BCUT2D eigenvalue weighted by Crippen LogP contribution is 2.15. The maximum atomic E-state index is 11.6. The highest BCUT2D eigenvalue weighted by Gasteiger charge is 2.19. The number of rotatable bonds is 4. The molecule has 0 bridgehead atoms. The van der Waals surface area contributed by atoms with Crippen LogP contribution >= 0.6 is 11.6 Å². The van der Waals surface area contributed by atoms with Crippen LogP contribution in [0.2, 0.25) is 0 Å². The monoisotopic (exact) mass is 262 g/mol. The van der Waals surface area contributed by atoms with Crippen molar-refractivity contribution in [2.75, 3.05) is 0 Å². The van der Waals surface area contributed by atoms with E-state index in [0.717, 1.165) is 0 Å². The lowest BCUT2D eigenvalue weighted by atomic mass is 10.3. The van der Waals surface area contributed by atoms with Crippen molar-refractivity contribution in [2.45, 2.75) is 5.56 Å². The molecule has 2 aromatic rings. The van der Waals surface area contributed by atoms with E-state index in [1.165, 1.54) is 0 Å². The Balaban J connectivity index is 1.93. The molecule has 0 saturated heterocycles. The van der Waals surface area contributed by atoms with Crippen molar-refractivity contribution < 1.29 is 14.3 Å². The first kappa shape index (κ1) is 12.5. The van der Waals surface area contributed by atoms with Crippen molar-refractivity contribution in [3.8, 4) is 11.5 Å². The second kappa shape index (κ2) is 6.07. The lowest BCUT2D eigenvalue weighted by Crippen LogP contribution is -2.26. The third-order valence-corrected chi connectivity index (χ3v) is 2.40. The molecule has 1 unspecified atom stereocenters. The zero-order valence-electron chi connectivity index (χ0n) is 9.45. The summed E-state index contributed by atoms with van der Waals surface area (Å²) in [7, 11) is 0. The standard InChI is InChI=1S/C14H11ClO3/c15-13(17-11-7-3-1-4-8-11)14(16)18-12-9-5-2-6-10-12/h1-10,13H. The highest BCUT2D eigenvalue weighted by atomic mass is 35.5. The molecule has 0 heterocycles. The van der Waals surface area contributed by atoms with E-state index in [0.29, 0.717) is 11.5 Å². The molecule has 0 fully saturated rings. The molecule has 0 spiro atoms. The van der Waals surface area contributed by atoms with E-state index in [4.69, 9.17) is 21.1 Å². The molecular weight excluding hydrogens is 252 g/mol. The van der Waals surface area contributed by atoms with Gasteiger partial charge in [-0.2, -0.15) is 0 Å². The number of ether oxygens (including phenoxy) is 2. The Morgan fingerprint density at radius 3 is 1.94 bits per heavy atom. The summed E-state index contributed by atoms with van der Waals surface area (Å²) in [5.74, 6) is 0.305. The van der Waals surface area contributed by atoms with Crippen molar-refractivity contribution in [1.29, 1.82) is 0 Å². The van der Waals surface area contributed by atoms with E-state index in [1.54, 1.807) is 48.5 Å². The fraction of sp³-hybridized carbons (Fsp3) is 0.0714. The van der Waals surface area contributed by atoms with Crippen molar-refractivity contribution in [3.05, 3.63) is 60.7 Å². The van der Waals surface area contributed by atoms with Gasteiger partial charge >= 0.3 is 5.97 Å². The molecule has 3 nitrogen and oxygen atoms in total. The van der Waals surface area contributed by atoms with E-state index in [9.17, 15) is 4.79 Å². The van der Waals surface area contributed by atoms with Crippen LogP contribution < -0.4 is 9.47 Å². The third kappa shape index (κ3) is 3.50. The smallest absolute Gasteiger partial charge is 0.368 e. The molecule has 0 N–H and O–H groups in total. The first-order valence-electron chi connectivity index (χ1n) is 5.38. The van der Waals surface area contributed by atoms with Crippen LogP contribution in [0.1, 0.15) is 0 Å². The topological polar surface area (TPSA) is 35.5 Å². The lowest BCUT2D eigenvalue weighted by molar-refractivity contribution is -0.138. The molecule has 0 amide bonds. The molecule has 2 rings (SSSR count). The maximum absolute atomic E-state index is 11.6. The molecule has 0 radical (unpaired) electrons. The summed E-state index contributed by atoms with van der Waals surface area (Å²) in [6.07, 6.45) is 0. The predicted octanol–water partition coefficient (Wildman–Crippen LogP) is 3.24. The SMILES string of the molecule is O=C(Oc1ccccc1)C(Cl)Oc1ccccc1. The first-order valence-corrected chi connectivity index (χ1v) is 5.82. The Morgan fingerprint density at radius 2 is 1.39 bits per heavy atom. The number of para-hydroxylation sites is 2. The van der Waals surface area contributed by atoms with E-state index in [-0.39, 0.29) is 0 Å². The number of hydrogen-bond donors (Lipinski definition) is 0. The summed E-state index contributed by atoms with van der Waals surface area (Å²) in [6.45, 7) is 0. The summed E-state index contributed by atoms with van der Waals surface area (Å²) in [6, 6.07) is 17.6. The maximum Gasteiger partial charge on any atom is 0.368 e. The quantitative estimate of drug-likeness (QED) is 0.482. The third-order valence-electron chi connectivity index (χ3n) is 2.13. The Bertz CT molecular complexity index is 499. The second-order valence-corrected chi connectivity index (χ2v) is 3.88. The van der Waals surface area contributed by atoms with Crippen LogP contribution in [0, 0.1) is 0 Å². The van der Waals surface area contributed by atoms with Gasteiger partial charge in [0.1, 0.15) is 11.5 Å².